The van der Waals surface area contributed by atoms with Crippen molar-refractivity contribution >= 4 is 11.7 Å². The van der Waals surface area contributed by atoms with Gasteiger partial charge in [0.15, 0.2) is 0 Å². The lowest BCUT2D eigenvalue weighted by Gasteiger charge is -2.24. The van der Waals surface area contributed by atoms with E-state index in [-0.39, 0.29) is 6.03 Å². The lowest BCUT2D eigenvalue weighted by atomic mass is 10.1. The Labute approximate surface area is 177 Å². The number of aryl methyl sites for hydroxylation is 3. The maximum atomic E-state index is 12.9. The highest BCUT2D eigenvalue weighted by Crippen LogP contribution is 2.17. The first-order chi connectivity index (χ1) is 14.1. The van der Waals surface area contributed by atoms with Gasteiger partial charge in [0.1, 0.15) is 0 Å². The molecule has 0 aromatic heterocycles. The molecule has 0 aliphatic rings. The van der Waals surface area contributed by atoms with E-state index in [0.29, 0.717) is 0 Å². The molecule has 0 fully saturated rings. The molecule has 0 aliphatic heterocycles. The second-order valence-electron chi connectivity index (χ2n) is 8.09. The van der Waals surface area contributed by atoms with Crippen LogP contribution in [-0.4, -0.2) is 24.0 Å². The lowest BCUT2D eigenvalue weighted by Crippen LogP contribution is -2.36. The van der Waals surface area contributed by atoms with Crippen LogP contribution in [0.15, 0.2) is 48.5 Å². The summed E-state index contributed by atoms with van der Waals surface area (Å²) < 4.78 is 0. The molecule has 0 radical (unpaired) electrons. The molecule has 3 heteroatoms. The Morgan fingerprint density at radius 1 is 0.862 bits per heavy atom. The molecule has 0 saturated carbocycles. The Kier molecular flexibility index (Phi) is 10.3. The van der Waals surface area contributed by atoms with Gasteiger partial charge < -0.3 is 10.2 Å². The van der Waals surface area contributed by atoms with Crippen LogP contribution in [0.25, 0.3) is 0 Å². The van der Waals surface area contributed by atoms with E-state index in [2.05, 4.69) is 68.6 Å². The van der Waals surface area contributed by atoms with E-state index in [0.717, 1.165) is 50.0 Å². The Bertz CT molecular complexity index is 727. The monoisotopic (exact) mass is 394 g/mol. The zero-order valence-electron chi connectivity index (χ0n) is 18.5. The number of anilines is 1. The first-order valence-corrected chi connectivity index (χ1v) is 11.3. The van der Waals surface area contributed by atoms with E-state index in [4.69, 9.17) is 0 Å². The third kappa shape index (κ3) is 8.72. The number of urea groups is 1. The smallest absolute Gasteiger partial charge is 0.321 e. The van der Waals surface area contributed by atoms with Gasteiger partial charge in [-0.25, -0.2) is 4.79 Å². The lowest BCUT2D eigenvalue weighted by molar-refractivity contribution is 0.209. The third-order valence-electron chi connectivity index (χ3n) is 5.43. The number of hydrogen-bond donors (Lipinski definition) is 1. The summed E-state index contributed by atoms with van der Waals surface area (Å²) in [7, 11) is 0. The van der Waals surface area contributed by atoms with E-state index in [1.54, 1.807) is 0 Å². The largest absolute Gasteiger partial charge is 0.325 e. The van der Waals surface area contributed by atoms with Crippen molar-refractivity contribution < 1.29 is 4.79 Å². The summed E-state index contributed by atoms with van der Waals surface area (Å²) in [6.07, 6.45) is 9.28. The van der Waals surface area contributed by atoms with Gasteiger partial charge in [-0.1, -0.05) is 80.6 Å². The Hall–Kier alpha value is -2.29. The van der Waals surface area contributed by atoms with Crippen molar-refractivity contribution in [2.24, 2.45) is 0 Å². The highest BCUT2D eigenvalue weighted by Gasteiger charge is 2.14. The van der Waals surface area contributed by atoms with E-state index in [9.17, 15) is 4.79 Å². The molecule has 0 unspecified atom stereocenters. The van der Waals surface area contributed by atoms with Crippen LogP contribution in [0.4, 0.5) is 10.5 Å². The van der Waals surface area contributed by atoms with E-state index in [1.807, 2.05) is 11.0 Å². The predicted octanol–water partition coefficient (Wildman–Crippen LogP) is 7.13. The Morgan fingerprint density at radius 2 is 1.55 bits per heavy atom. The quantitative estimate of drug-likeness (QED) is 0.381. The molecule has 0 atom stereocenters. The fraction of sp³-hybridized carbons (Fsp3) is 0.500. The second-order valence-corrected chi connectivity index (χ2v) is 8.09. The molecule has 158 valence electrons. The van der Waals surface area contributed by atoms with E-state index >= 15 is 0 Å². The van der Waals surface area contributed by atoms with Crippen LogP contribution in [-0.2, 0) is 6.42 Å². The molecule has 2 rings (SSSR count). The summed E-state index contributed by atoms with van der Waals surface area (Å²) in [5, 5.41) is 3.14. The summed E-state index contributed by atoms with van der Waals surface area (Å²) in [4.78, 5) is 15.0. The normalized spacial score (nSPS) is 10.7. The van der Waals surface area contributed by atoms with E-state index < -0.39 is 0 Å². The number of amides is 2. The fourth-order valence-corrected chi connectivity index (χ4v) is 3.65. The minimum absolute atomic E-state index is 0.0344. The van der Waals surface area contributed by atoms with Gasteiger partial charge >= 0.3 is 6.03 Å². The van der Waals surface area contributed by atoms with Gasteiger partial charge in [-0.3, -0.25) is 0 Å². The zero-order valence-corrected chi connectivity index (χ0v) is 18.5. The van der Waals surface area contributed by atoms with E-state index in [1.165, 1.54) is 36.8 Å². The highest BCUT2D eigenvalue weighted by molar-refractivity contribution is 5.90. The minimum Gasteiger partial charge on any atom is -0.325 e. The first-order valence-electron chi connectivity index (χ1n) is 11.3. The van der Waals surface area contributed by atoms with Gasteiger partial charge in [-0.15, -0.1) is 0 Å². The third-order valence-corrected chi connectivity index (χ3v) is 5.43. The topological polar surface area (TPSA) is 32.3 Å². The fourth-order valence-electron chi connectivity index (χ4n) is 3.65. The number of nitrogens with one attached hydrogen (secondary N) is 1. The number of nitrogens with zero attached hydrogens (tertiary/aromatic N) is 1. The Morgan fingerprint density at radius 3 is 2.24 bits per heavy atom. The SMILES string of the molecule is CCCCCCCN(CCCCc1ccccc1)C(=O)Nc1ccc(C)cc1C. The highest BCUT2D eigenvalue weighted by atomic mass is 16.2. The molecular formula is C26H38N2O. The van der Waals surface area contributed by atoms with Crippen LogP contribution in [0.1, 0.15) is 68.6 Å². The van der Waals surface area contributed by atoms with Crippen LogP contribution >= 0.6 is 0 Å². The van der Waals surface area contributed by atoms with Gasteiger partial charge in [0.25, 0.3) is 0 Å². The summed E-state index contributed by atoms with van der Waals surface area (Å²) in [5.41, 5.74) is 4.62. The van der Waals surface area contributed by atoms with Gasteiger partial charge in [0, 0.05) is 18.8 Å². The van der Waals surface area contributed by atoms with Crippen molar-refractivity contribution in [3.63, 3.8) is 0 Å². The van der Waals surface area contributed by atoms with Crippen molar-refractivity contribution in [2.45, 2.75) is 72.1 Å². The molecule has 0 aliphatic carbocycles. The second kappa shape index (κ2) is 13.0. The Balaban J connectivity index is 1.87. The molecule has 0 spiro atoms. The maximum Gasteiger partial charge on any atom is 0.321 e. The maximum absolute atomic E-state index is 12.9. The van der Waals surface area contributed by atoms with Crippen LogP contribution in [0.3, 0.4) is 0 Å². The van der Waals surface area contributed by atoms with Crippen molar-refractivity contribution in [1.29, 1.82) is 0 Å². The predicted molar refractivity (Wildman–Crippen MR) is 125 cm³/mol. The number of benzene rings is 2. The van der Waals surface area contributed by atoms with Crippen LogP contribution < -0.4 is 5.32 Å². The number of hydrogen-bond acceptors (Lipinski definition) is 1. The van der Waals surface area contributed by atoms with Crippen molar-refractivity contribution in [3.8, 4) is 0 Å². The molecular weight excluding hydrogens is 356 g/mol. The van der Waals surface area contributed by atoms with Gasteiger partial charge in [0.05, 0.1) is 0 Å². The van der Waals surface area contributed by atoms with Gasteiger partial charge in [-0.05, 0) is 56.7 Å². The van der Waals surface area contributed by atoms with Crippen LogP contribution in [0.2, 0.25) is 0 Å². The molecule has 0 bridgehead atoms. The first kappa shape index (κ1) is 23.0. The summed E-state index contributed by atoms with van der Waals surface area (Å²) in [6, 6.07) is 16.8. The summed E-state index contributed by atoms with van der Waals surface area (Å²) in [6.45, 7) is 8.02. The van der Waals surface area contributed by atoms with Gasteiger partial charge in [-0.2, -0.15) is 0 Å². The average molecular weight is 395 g/mol. The van der Waals surface area contributed by atoms with Crippen molar-refractivity contribution in [2.75, 3.05) is 18.4 Å². The molecule has 29 heavy (non-hydrogen) atoms. The van der Waals surface area contributed by atoms with Crippen LogP contribution in [0, 0.1) is 13.8 Å². The molecule has 0 saturated heterocycles. The molecule has 2 aromatic rings. The molecule has 3 nitrogen and oxygen atoms in total. The molecule has 2 amide bonds. The van der Waals surface area contributed by atoms with Crippen molar-refractivity contribution in [3.05, 3.63) is 65.2 Å². The number of rotatable bonds is 12. The molecule has 2 aromatic carbocycles. The van der Waals surface area contributed by atoms with Crippen molar-refractivity contribution in [1.82, 2.24) is 4.90 Å². The van der Waals surface area contributed by atoms with Crippen LogP contribution in [0.5, 0.6) is 0 Å². The minimum atomic E-state index is 0.0344. The average Bonchev–Trinajstić information content (AvgIpc) is 2.72. The van der Waals surface area contributed by atoms with Gasteiger partial charge in [0.2, 0.25) is 0 Å². The molecule has 1 N–H and O–H groups in total. The summed E-state index contributed by atoms with van der Waals surface area (Å²) >= 11 is 0. The molecule has 0 heterocycles. The number of carbonyl (C=O) groups excluding carboxylic acids is 1. The zero-order chi connectivity index (χ0) is 20.9. The summed E-state index contributed by atoms with van der Waals surface area (Å²) in [5.74, 6) is 0. The number of unbranched alkanes of at least 4 members (excludes halogenated alkanes) is 5. The standard InChI is InChI=1S/C26H38N2O/c1-4-5-6-7-12-19-28(20-13-11-16-24-14-9-8-10-15-24)26(29)27-25-18-17-22(2)21-23(25)3/h8-10,14-15,17-18,21H,4-7,11-13,16,19-20H2,1-3H3,(H,27,29). The number of carbonyl (C=O) groups is 1.